The van der Waals surface area contributed by atoms with Crippen molar-refractivity contribution in [2.45, 2.75) is 63.9 Å². The normalized spacial score (nSPS) is 30.6. The molecular weight excluding hydrogens is 186 g/mol. The van der Waals surface area contributed by atoms with E-state index in [1.165, 1.54) is 38.5 Å². The second-order valence-corrected chi connectivity index (χ2v) is 5.95. The molecule has 2 rings (SSSR count). The number of hydrogen-bond donors (Lipinski definition) is 2. The Bertz CT molecular complexity index is 211. The molecule has 15 heavy (non-hydrogen) atoms. The molecule has 2 fully saturated rings. The van der Waals surface area contributed by atoms with Crippen molar-refractivity contribution in [3.63, 3.8) is 0 Å². The maximum Gasteiger partial charge on any atom is 0.0685 e. The van der Waals surface area contributed by atoms with Gasteiger partial charge in [0.05, 0.1) is 5.60 Å². The largest absolute Gasteiger partial charge is 0.390 e. The standard InChI is InChI=1S/C13H25NO/c1-11(10-14)13(15)8-6-12(7-9-13)4-2-3-5-12/h11,15H,2-10,14H2,1H3. The lowest BCUT2D eigenvalue weighted by atomic mass is 9.64. The number of hydrogen-bond acceptors (Lipinski definition) is 2. The van der Waals surface area contributed by atoms with E-state index in [-0.39, 0.29) is 5.92 Å². The Hall–Kier alpha value is -0.0800. The fraction of sp³-hybridized carbons (Fsp3) is 1.00. The SMILES string of the molecule is CC(CN)C1(O)CCC2(CCCC2)CC1. The van der Waals surface area contributed by atoms with Gasteiger partial charge in [-0.1, -0.05) is 19.8 Å². The predicted octanol–water partition coefficient (Wildman–Crippen LogP) is 2.45. The second kappa shape index (κ2) is 4.06. The van der Waals surface area contributed by atoms with Crippen molar-refractivity contribution in [1.29, 1.82) is 0 Å². The Balaban J connectivity index is 1.96. The first kappa shape index (κ1) is 11.4. The van der Waals surface area contributed by atoms with Crippen molar-refractivity contribution < 1.29 is 5.11 Å². The summed E-state index contributed by atoms with van der Waals surface area (Å²) in [5, 5.41) is 10.5. The van der Waals surface area contributed by atoms with E-state index in [9.17, 15) is 5.11 Å². The van der Waals surface area contributed by atoms with Gasteiger partial charge in [0.2, 0.25) is 0 Å². The Morgan fingerprint density at radius 2 is 1.60 bits per heavy atom. The third-order valence-electron chi connectivity index (χ3n) is 5.11. The third-order valence-corrected chi connectivity index (χ3v) is 5.11. The van der Waals surface area contributed by atoms with Crippen LogP contribution in [0.3, 0.4) is 0 Å². The van der Waals surface area contributed by atoms with Crippen molar-refractivity contribution >= 4 is 0 Å². The summed E-state index contributed by atoms with van der Waals surface area (Å²) >= 11 is 0. The Labute approximate surface area is 93.2 Å². The Kier molecular flexibility index (Phi) is 3.09. The molecule has 2 aliphatic rings. The van der Waals surface area contributed by atoms with Gasteiger partial charge in [-0.15, -0.1) is 0 Å². The predicted molar refractivity (Wildman–Crippen MR) is 62.5 cm³/mol. The molecule has 2 heteroatoms. The first-order valence-corrected chi connectivity index (χ1v) is 6.53. The number of rotatable bonds is 2. The molecule has 1 unspecified atom stereocenters. The lowest BCUT2D eigenvalue weighted by Crippen LogP contribution is -2.45. The highest BCUT2D eigenvalue weighted by molar-refractivity contribution is 4.97. The van der Waals surface area contributed by atoms with Crippen LogP contribution in [0.2, 0.25) is 0 Å². The molecule has 1 atom stereocenters. The van der Waals surface area contributed by atoms with Crippen LogP contribution in [0.4, 0.5) is 0 Å². The van der Waals surface area contributed by atoms with Crippen LogP contribution in [0.1, 0.15) is 58.3 Å². The molecule has 0 aliphatic heterocycles. The second-order valence-electron chi connectivity index (χ2n) is 5.95. The van der Waals surface area contributed by atoms with E-state index in [1.807, 2.05) is 0 Å². The first-order chi connectivity index (χ1) is 7.10. The van der Waals surface area contributed by atoms with Gasteiger partial charge in [0.15, 0.2) is 0 Å². The smallest absolute Gasteiger partial charge is 0.0685 e. The van der Waals surface area contributed by atoms with Crippen molar-refractivity contribution in [3.8, 4) is 0 Å². The van der Waals surface area contributed by atoms with E-state index < -0.39 is 5.60 Å². The lowest BCUT2D eigenvalue weighted by Gasteiger charge is -2.45. The minimum atomic E-state index is -0.456. The van der Waals surface area contributed by atoms with Crippen LogP contribution in [0, 0.1) is 11.3 Å². The average Bonchev–Trinajstić information content (AvgIpc) is 2.71. The first-order valence-electron chi connectivity index (χ1n) is 6.53. The van der Waals surface area contributed by atoms with Crippen LogP contribution in [0.5, 0.6) is 0 Å². The molecule has 3 N–H and O–H groups in total. The molecule has 0 aromatic heterocycles. The summed E-state index contributed by atoms with van der Waals surface area (Å²) in [5.41, 5.74) is 5.83. The van der Waals surface area contributed by atoms with Gasteiger partial charge in [0.25, 0.3) is 0 Å². The van der Waals surface area contributed by atoms with Crippen LogP contribution in [0.15, 0.2) is 0 Å². The fourth-order valence-corrected chi connectivity index (χ4v) is 3.55. The van der Waals surface area contributed by atoms with Crippen LogP contribution in [0.25, 0.3) is 0 Å². The monoisotopic (exact) mass is 211 g/mol. The van der Waals surface area contributed by atoms with Gasteiger partial charge in [0.1, 0.15) is 0 Å². The molecule has 0 aromatic carbocycles. The molecule has 0 heterocycles. The number of aliphatic hydroxyl groups is 1. The molecule has 88 valence electrons. The maximum atomic E-state index is 10.5. The molecule has 0 bridgehead atoms. The zero-order chi connectivity index (χ0) is 10.9. The molecule has 0 amide bonds. The molecule has 0 aromatic rings. The zero-order valence-corrected chi connectivity index (χ0v) is 9.97. The van der Waals surface area contributed by atoms with Crippen molar-refractivity contribution in [2.24, 2.45) is 17.1 Å². The minimum Gasteiger partial charge on any atom is -0.390 e. The summed E-state index contributed by atoms with van der Waals surface area (Å²) in [6, 6.07) is 0. The zero-order valence-electron chi connectivity index (χ0n) is 9.97. The van der Waals surface area contributed by atoms with E-state index in [1.54, 1.807) is 0 Å². The van der Waals surface area contributed by atoms with Crippen molar-refractivity contribution in [3.05, 3.63) is 0 Å². The molecule has 1 spiro atoms. The van der Waals surface area contributed by atoms with Gasteiger partial charge in [-0.25, -0.2) is 0 Å². The van der Waals surface area contributed by atoms with Crippen LogP contribution in [-0.2, 0) is 0 Å². The Morgan fingerprint density at radius 3 is 2.07 bits per heavy atom. The van der Waals surface area contributed by atoms with E-state index in [0.717, 1.165) is 12.8 Å². The molecular formula is C13H25NO. The maximum absolute atomic E-state index is 10.5. The quantitative estimate of drug-likeness (QED) is 0.737. The lowest BCUT2D eigenvalue weighted by molar-refractivity contribution is -0.0687. The van der Waals surface area contributed by atoms with Gasteiger partial charge in [0, 0.05) is 0 Å². The molecule has 0 radical (unpaired) electrons. The Morgan fingerprint density at radius 1 is 1.07 bits per heavy atom. The summed E-state index contributed by atoms with van der Waals surface area (Å²) in [7, 11) is 0. The van der Waals surface area contributed by atoms with Crippen molar-refractivity contribution in [1.82, 2.24) is 0 Å². The topological polar surface area (TPSA) is 46.2 Å². The molecule has 0 saturated heterocycles. The van der Waals surface area contributed by atoms with Crippen LogP contribution >= 0.6 is 0 Å². The average molecular weight is 211 g/mol. The highest BCUT2D eigenvalue weighted by Crippen LogP contribution is 2.52. The van der Waals surface area contributed by atoms with E-state index in [0.29, 0.717) is 12.0 Å². The van der Waals surface area contributed by atoms with Gasteiger partial charge in [-0.2, -0.15) is 0 Å². The van der Waals surface area contributed by atoms with Crippen LogP contribution in [-0.4, -0.2) is 17.3 Å². The summed E-state index contributed by atoms with van der Waals surface area (Å²) in [6.45, 7) is 2.70. The van der Waals surface area contributed by atoms with Gasteiger partial charge in [-0.3, -0.25) is 0 Å². The van der Waals surface area contributed by atoms with E-state index in [2.05, 4.69) is 6.92 Å². The minimum absolute atomic E-state index is 0.260. The van der Waals surface area contributed by atoms with Crippen LogP contribution < -0.4 is 5.73 Å². The van der Waals surface area contributed by atoms with Gasteiger partial charge < -0.3 is 10.8 Å². The molecule has 2 saturated carbocycles. The summed E-state index contributed by atoms with van der Waals surface area (Å²) in [6.07, 6.45) is 10.0. The molecule has 2 aliphatic carbocycles. The van der Waals surface area contributed by atoms with Crippen molar-refractivity contribution in [2.75, 3.05) is 6.54 Å². The summed E-state index contributed by atoms with van der Waals surface area (Å²) in [5.74, 6) is 0.260. The van der Waals surface area contributed by atoms with E-state index in [4.69, 9.17) is 5.73 Å². The fourth-order valence-electron chi connectivity index (χ4n) is 3.55. The van der Waals surface area contributed by atoms with Gasteiger partial charge in [-0.05, 0) is 56.4 Å². The highest BCUT2D eigenvalue weighted by Gasteiger charge is 2.44. The molecule has 2 nitrogen and oxygen atoms in total. The third kappa shape index (κ3) is 2.07. The highest BCUT2D eigenvalue weighted by atomic mass is 16.3. The summed E-state index contributed by atoms with van der Waals surface area (Å²) < 4.78 is 0. The number of nitrogens with two attached hydrogens (primary N) is 1. The van der Waals surface area contributed by atoms with E-state index >= 15 is 0 Å². The summed E-state index contributed by atoms with van der Waals surface area (Å²) in [4.78, 5) is 0. The van der Waals surface area contributed by atoms with Gasteiger partial charge >= 0.3 is 0 Å².